The van der Waals surface area contributed by atoms with E-state index in [1.807, 2.05) is 14.0 Å². The van der Waals surface area contributed by atoms with Crippen LogP contribution >= 0.6 is 0 Å². The van der Waals surface area contributed by atoms with Gasteiger partial charge < -0.3 is 15.2 Å². The van der Waals surface area contributed by atoms with Crippen molar-refractivity contribution < 1.29 is 9.84 Å². The highest BCUT2D eigenvalue weighted by Gasteiger charge is 2.23. The molecule has 0 aromatic carbocycles. The van der Waals surface area contributed by atoms with E-state index in [0.717, 1.165) is 30.0 Å². The Hall–Kier alpha value is -1.07. The molecule has 1 aliphatic rings. The lowest BCUT2D eigenvalue weighted by Gasteiger charge is -2.18. The van der Waals surface area contributed by atoms with Gasteiger partial charge in [-0.1, -0.05) is 12.8 Å². The number of nitrogens with zero attached hydrogens (tertiary/aromatic N) is 2. The van der Waals surface area contributed by atoms with Crippen molar-refractivity contribution in [3.05, 3.63) is 11.3 Å². The quantitative estimate of drug-likeness (QED) is 0.817. The summed E-state index contributed by atoms with van der Waals surface area (Å²) in [6, 6.07) is 0. The van der Waals surface area contributed by atoms with E-state index in [0.29, 0.717) is 19.0 Å². The average Bonchev–Trinajstić information content (AvgIpc) is 2.98. The summed E-state index contributed by atoms with van der Waals surface area (Å²) in [7, 11) is 3.54. The summed E-state index contributed by atoms with van der Waals surface area (Å²) in [5.74, 6) is 1.27. The van der Waals surface area contributed by atoms with Gasteiger partial charge in [0, 0.05) is 20.1 Å². The Labute approximate surface area is 115 Å². The monoisotopic (exact) mass is 267 g/mol. The van der Waals surface area contributed by atoms with E-state index in [9.17, 15) is 5.11 Å². The van der Waals surface area contributed by atoms with E-state index < -0.39 is 0 Å². The van der Waals surface area contributed by atoms with Crippen molar-refractivity contribution in [1.29, 1.82) is 0 Å². The van der Waals surface area contributed by atoms with Crippen molar-refractivity contribution in [3.8, 4) is 5.88 Å². The molecule has 0 saturated heterocycles. The number of aliphatic hydroxyl groups is 1. The van der Waals surface area contributed by atoms with Crippen LogP contribution in [0.15, 0.2) is 0 Å². The number of rotatable bonds is 6. The van der Waals surface area contributed by atoms with Gasteiger partial charge in [-0.3, -0.25) is 0 Å². The minimum Gasteiger partial charge on any atom is -0.481 e. The van der Waals surface area contributed by atoms with Crippen LogP contribution in [-0.4, -0.2) is 34.6 Å². The SMILES string of the molecule is COc1c(CNCC(O)C2CCCC2)c(C)nn1C. The minimum atomic E-state index is -0.231. The van der Waals surface area contributed by atoms with Crippen LogP contribution in [0.3, 0.4) is 0 Å². The van der Waals surface area contributed by atoms with Crippen LogP contribution in [-0.2, 0) is 13.6 Å². The maximum atomic E-state index is 10.1. The predicted molar refractivity (Wildman–Crippen MR) is 74.2 cm³/mol. The van der Waals surface area contributed by atoms with E-state index >= 15 is 0 Å². The van der Waals surface area contributed by atoms with Crippen molar-refractivity contribution in [2.45, 2.75) is 45.3 Å². The first kappa shape index (κ1) is 14.3. The number of aromatic nitrogens is 2. The first-order chi connectivity index (χ1) is 9.13. The number of ether oxygens (including phenoxy) is 1. The lowest BCUT2D eigenvalue weighted by molar-refractivity contribution is 0.109. The molecule has 1 heterocycles. The summed E-state index contributed by atoms with van der Waals surface area (Å²) in [6.45, 7) is 3.31. The second-order valence-electron chi connectivity index (χ2n) is 5.44. The van der Waals surface area contributed by atoms with Gasteiger partial charge >= 0.3 is 0 Å². The highest BCUT2D eigenvalue weighted by atomic mass is 16.5. The highest BCUT2D eigenvalue weighted by Crippen LogP contribution is 2.27. The van der Waals surface area contributed by atoms with Gasteiger partial charge in [-0.05, 0) is 25.7 Å². The van der Waals surface area contributed by atoms with Crippen molar-refractivity contribution in [1.82, 2.24) is 15.1 Å². The molecule has 0 spiro atoms. The number of aryl methyl sites for hydroxylation is 2. The van der Waals surface area contributed by atoms with E-state index in [-0.39, 0.29) is 6.10 Å². The maximum Gasteiger partial charge on any atom is 0.216 e. The van der Waals surface area contributed by atoms with E-state index in [1.54, 1.807) is 11.8 Å². The molecule has 0 bridgehead atoms. The summed E-state index contributed by atoms with van der Waals surface area (Å²) in [5.41, 5.74) is 2.05. The van der Waals surface area contributed by atoms with Crippen molar-refractivity contribution in [2.75, 3.05) is 13.7 Å². The summed E-state index contributed by atoms with van der Waals surface area (Å²) < 4.78 is 7.10. The van der Waals surface area contributed by atoms with Crippen molar-refractivity contribution in [2.24, 2.45) is 13.0 Å². The molecule has 5 heteroatoms. The fraction of sp³-hybridized carbons (Fsp3) is 0.786. The molecular weight excluding hydrogens is 242 g/mol. The van der Waals surface area contributed by atoms with Crippen molar-refractivity contribution >= 4 is 0 Å². The topological polar surface area (TPSA) is 59.3 Å². The second-order valence-corrected chi connectivity index (χ2v) is 5.44. The normalized spacial score (nSPS) is 17.9. The highest BCUT2D eigenvalue weighted by molar-refractivity contribution is 5.30. The van der Waals surface area contributed by atoms with E-state index in [4.69, 9.17) is 4.74 Å². The first-order valence-electron chi connectivity index (χ1n) is 7.08. The van der Waals surface area contributed by atoms with Gasteiger partial charge in [0.05, 0.1) is 24.5 Å². The zero-order valence-electron chi connectivity index (χ0n) is 12.1. The van der Waals surface area contributed by atoms with Gasteiger partial charge in [0.1, 0.15) is 0 Å². The first-order valence-corrected chi connectivity index (χ1v) is 7.08. The molecule has 2 rings (SSSR count). The third kappa shape index (κ3) is 3.28. The Bertz CT molecular complexity index is 411. The van der Waals surface area contributed by atoms with E-state index in [1.165, 1.54) is 12.8 Å². The lowest BCUT2D eigenvalue weighted by atomic mass is 10.0. The average molecular weight is 267 g/mol. The molecule has 0 aliphatic heterocycles. The molecule has 1 aromatic rings. The molecule has 1 fully saturated rings. The van der Waals surface area contributed by atoms with Gasteiger partial charge in [-0.25, -0.2) is 4.68 Å². The molecular formula is C14H25N3O2. The molecule has 1 unspecified atom stereocenters. The largest absolute Gasteiger partial charge is 0.481 e. The number of aliphatic hydroxyl groups excluding tert-OH is 1. The number of hydrogen-bond donors (Lipinski definition) is 2. The van der Waals surface area contributed by atoms with Gasteiger partial charge in [-0.2, -0.15) is 5.10 Å². The van der Waals surface area contributed by atoms with E-state index in [2.05, 4.69) is 10.4 Å². The van der Waals surface area contributed by atoms with Crippen LogP contribution in [0.25, 0.3) is 0 Å². The van der Waals surface area contributed by atoms with Crippen LogP contribution < -0.4 is 10.1 Å². The fourth-order valence-electron chi connectivity index (χ4n) is 2.99. The van der Waals surface area contributed by atoms with Crippen LogP contribution in [0.2, 0.25) is 0 Å². The fourth-order valence-corrected chi connectivity index (χ4v) is 2.99. The maximum absolute atomic E-state index is 10.1. The van der Waals surface area contributed by atoms with Gasteiger partial charge in [0.25, 0.3) is 0 Å². The van der Waals surface area contributed by atoms with Gasteiger partial charge in [0.15, 0.2) is 0 Å². The summed E-state index contributed by atoms with van der Waals surface area (Å²) in [4.78, 5) is 0. The molecule has 1 aromatic heterocycles. The third-order valence-electron chi connectivity index (χ3n) is 4.08. The van der Waals surface area contributed by atoms with Gasteiger partial charge in [-0.15, -0.1) is 0 Å². The number of hydrogen-bond acceptors (Lipinski definition) is 4. The number of nitrogens with one attached hydrogen (secondary N) is 1. The summed E-state index contributed by atoms with van der Waals surface area (Å²) in [6.07, 6.45) is 4.62. The molecule has 19 heavy (non-hydrogen) atoms. The molecule has 5 nitrogen and oxygen atoms in total. The standard InChI is InChI=1S/C14H25N3O2/c1-10-12(14(19-3)17(2)16-10)8-15-9-13(18)11-6-4-5-7-11/h11,13,15,18H,4-9H2,1-3H3. The van der Waals surface area contributed by atoms with Crippen LogP contribution in [0, 0.1) is 12.8 Å². The smallest absolute Gasteiger partial charge is 0.216 e. The molecule has 1 atom stereocenters. The number of methoxy groups -OCH3 is 1. The lowest BCUT2D eigenvalue weighted by Crippen LogP contribution is -2.31. The Balaban J connectivity index is 1.85. The Kier molecular flexibility index (Phi) is 4.82. The molecule has 108 valence electrons. The van der Waals surface area contributed by atoms with Gasteiger partial charge in [0.2, 0.25) is 5.88 Å². The van der Waals surface area contributed by atoms with Crippen molar-refractivity contribution in [3.63, 3.8) is 0 Å². The molecule has 0 radical (unpaired) electrons. The third-order valence-corrected chi connectivity index (χ3v) is 4.08. The molecule has 2 N–H and O–H groups in total. The summed E-state index contributed by atoms with van der Waals surface area (Å²) >= 11 is 0. The predicted octanol–water partition coefficient (Wildman–Crippen LogP) is 1.38. The molecule has 1 saturated carbocycles. The van der Waals surface area contributed by atoms with Crippen LogP contribution in [0.5, 0.6) is 5.88 Å². The van der Waals surface area contributed by atoms with Crippen LogP contribution in [0.1, 0.15) is 36.9 Å². The zero-order chi connectivity index (χ0) is 13.8. The zero-order valence-corrected chi connectivity index (χ0v) is 12.1. The van der Waals surface area contributed by atoms with Crippen LogP contribution in [0.4, 0.5) is 0 Å². The minimum absolute atomic E-state index is 0.231. The Morgan fingerprint density at radius 2 is 2.16 bits per heavy atom. The summed E-state index contributed by atoms with van der Waals surface area (Å²) in [5, 5.41) is 17.8. The second kappa shape index (κ2) is 6.39. The molecule has 1 aliphatic carbocycles. The Morgan fingerprint density at radius 1 is 1.47 bits per heavy atom. The molecule has 0 amide bonds. The Morgan fingerprint density at radius 3 is 2.79 bits per heavy atom.